The molecule has 4 atom stereocenters. The second-order valence-corrected chi connectivity index (χ2v) is 14.4. The summed E-state index contributed by atoms with van der Waals surface area (Å²) >= 11 is 0. The molecule has 2 heterocycles. The Morgan fingerprint density at radius 1 is 0.864 bits per heavy atom. The summed E-state index contributed by atoms with van der Waals surface area (Å²) in [7, 11) is 3.55. The van der Waals surface area contributed by atoms with Crippen LogP contribution < -0.4 is 14.8 Å². The Morgan fingerprint density at radius 2 is 1.36 bits per heavy atom. The third-order valence-electron chi connectivity index (χ3n) is 11.3. The number of ether oxygens (including phenoxy) is 2. The molecule has 5 fully saturated rings. The standard InChI is InChI=1S/C22H35N3O2.C12H18N2O3/c1-14-18-10-16(22(18,2)3)11-19(14)24-20(26)17-12-23-25(4)21(17)27-13-15-8-6-5-7-9-15;1-14-11(10(7-13-14)12(15)16)17-8-9-5-3-2-4-6-9/h12,14-16,18-19H,5-11,13H2,1-4H3,(H,24,26);7,9H,2-6,8H2,1H3,(H,15,16)/t14-,16-,18+,19+;/m1./s1. The zero-order valence-electron chi connectivity index (χ0n) is 27.4. The highest BCUT2D eigenvalue weighted by molar-refractivity contribution is 5.96. The molecule has 2 aromatic heterocycles. The molecule has 2 aromatic rings. The predicted molar refractivity (Wildman–Crippen MR) is 168 cm³/mol. The average molecular weight is 612 g/mol. The number of nitrogens with zero attached hydrogens (tertiary/aromatic N) is 4. The van der Waals surface area contributed by atoms with Crippen molar-refractivity contribution in [1.29, 1.82) is 0 Å². The number of carbonyl (C=O) groups excluding carboxylic acids is 1. The molecule has 0 aliphatic heterocycles. The number of hydrogen-bond donors (Lipinski definition) is 2. The van der Waals surface area contributed by atoms with Crippen molar-refractivity contribution < 1.29 is 24.2 Å². The smallest absolute Gasteiger partial charge is 0.342 e. The van der Waals surface area contributed by atoms with Gasteiger partial charge in [-0.15, -0.1) is 0 Å². The molecule has 0 unspecified atom stereocenters. The van der Waals surface area contributed by atoms with Crippen molar-refractivity contribution in [2.24, 2.45) is 49.1 Å². The van der Waals surface area contributed by atoms with E-state index in [1.54, 1.807) is 17.9 Å². The van der Waals surface area contributed by atoms with Crippen molar-refractivity contribution in [2.45, 2.75) is 104 Å². The molecule has 10 heteroatoms. The first kappa shape index (κ1) is 32.4. The van der Waals surface area contributed by atoms with Crippen LogP contribution in [0.15, 0.2) is 12.4 Å². The first-order chi connectivity index (χ1) is 21.1. The fraction of sp³-hybridized carbons (Fsp3) is 0.765. The molecule has 0 saturated heterocycles. The van der Waals surface area contributed by atoms with Crippen LogP contribution in [0.5, 0.6) is 11.8 Å². The minimum atomic E-state index is -0.989. The maximum absolute atomic E-state index is 13.0. The van der Waals surface area contributed by atoms with Gasteiger partial charge in [-0.2, -0.15) is 10.2 Å². The third kappa shape index (κ3) is 7.09. The largest absolute Gasteiger partial charge is 0.477 e. The van der Waals surface area contributed by atoms with Crippen LogP contribution in [0, 0.1) is 35.0 Å². The number of fused-ring (bicyclic) bond motifs is 2. The van der Waals surface area contributed by atoms with Gasteiger partial charge in [-0.25, -0.2) is 14.2 Å². The van der Waals surface area contributed by atoms with E-state index in [0.29, 0.717) is 53.7 Å². The fourth-order valence-electron chi connectivity index (χ4n) is 8.19. The molecule has 5 saturated carbocycles. The molecule has 0 aromatic carbocycles. The predicted octanol–water partition coefficient (Wildman–Crippen LogP) is 6.26. The van der Waals surface area contributed by atoms with Gasteiger partial charge in [-0.1, -0.05) is 59.3 Å². The number of aryl methyl sites for hydroxylation is 2. The zero-order valence-corrected chi connectivity index (χ0v) is 27.4. The first-order valence-electron chi connectivity index (χ1n) is 16.9. The number of carboxylic acid groups (broad SMARTS) is 1. The monoisotopic (exact) mass is 611 g/mol. The third-order valence-corrected chi connectivity index (χ3v) is 11.3. The number of rotatable bonds is 9. The van der Waals surface area contributed by atoms with Gasteiger partial charge in [-0.3, -0.25) is 4.79 Å². The van der Waals surface area contributed by atoms with E-state index in [9.17, 15) is 9.59 Å². The SMILES string of the molecule is C[C@H]1[C@@H](NC(=O)c2cnn(C)c2OCC2CCCCC2)C[C@H]2C[C@@H]1C2(C)C.Cn1ncc(C(=O)O)c1OCC1CCCCC1. The van der Waals surface area contributed by atoms with Crippen molar-refractivity contribution in [1.82, 2.24) is 24.9 Å². The van der Waals surface area contributed by atoms with Crippen molar-refractivity contribution in [3.8, 4) is 11.8 Å². The number of amides is 1. The van der Waals surface area contributed by atoms with E-state index in [4.69, 9.17) is 14.6 Å². The topological polar surface area (TPSA) is 120 Å². The van der Waals surface area contributed by atoms with E-state index in [-0.39, 0.29) is 17.5 Å². The van der Waals surface area contributed by atoms with Crippen LogP contribution >= 0.6 is 0 Å². The summed E-state index contributed by atoms with van der Waals surface area (Å²) in [5, 5.41) is 20.5. The highest BCUT2D eigenvalue weighted by Crippen LogP contribution is 2.61. The lowest BCUT2D eigenvalue weighted by molar-refractivity contribution is -0.113. The van der Waals surface area contributed by atoms with Gasteiger partial charge >= 0.3 is 5.97 Å². The minimum absolute atomic E-state index is 0.0299. The molecule has 2 N–H and O–H groups in total. The van der Waals surface area contributed by atoms with Crippen LogP contribution in [0.3, 0.4) is 0 Å². The number of hydrogen-bond acceptors (Lipinski definition) is 6. The molecule has 10 nitrogen and oxygen atoms in total. The normalized spacial score (nSPS) is 26.6. The van der Waals surface area contributed by atoms with Gasteiger partial charge in [0.15, 0.2) is 0 Å². The molecule has 1 amide bonds. The summed E-state index contributed by atoms with van der Waals surface area (Å²) in [5.41, 5.74) is 1.16. The van der Waals surface area contributed by atoms with Gasteiger partial charge in [0.1, 0.15) is 11.1 Å². The Balaban J connectivity index is 0.000000195. The molecule has 44 heavy (non-hydrogen) atoms. The van der Waals surface area contributed by atoms with Gasteiger partial charge in [-0.05, 0) is 73.5 Å². The van der Waals surface area contributed by atoms with Crippen LogP contribution in [0.4, 0.5) is 0 Å². The molecular formula is C34H53N5O5. The minimum Gasteiger partial charge on any atom is -0.477 e. The Morgan fingerprint density at radius 3 is 1.84 bits per heavy atom. The molecule has 0 radical (unpaired) electrons. The van der Waals surface area contributed by atoms with Crippen LogP contribution in [-0.2, 0) is 14.1 Å². The van der Waals surface area contributed by atoms with Gasteiger partial charge in [0.25, 0.3) is 5.91 Å². The van der Waals surface area contributed by atoms with Gasteiger partial charge < -0.3 is 19.9 Å². The Bertz CT molecular complexity index is 1270. The number of carboxylic acids is 1. The zero-order chi connectivity index (χ0) is 31.4. The molecule has 7 rings (SSSR count). The van der Waals surface area contributed by atoms with E-state index in [0.717, 1.165) is 18.3 Å². The summed E-state index contributed by atoms with van der Waals surface area (Å²) in [6.07, 6.45) is 18.0. The Kier molecular flexibility index (Phi) is 10.3. The average Bonchev–Trinajstić information content (AvgIpc) is 3.58. The number of carbonyl (C=O) groups is 2. The van der Waals surface area contributed by atoms with Gasteiger partial charge in [0.2, 0.25) is 11.8 Å². The van der Waals surface area contributed by atoms with E-state index in [2.05, 4.69) is 36.3 Å². The molecule has 0 spiro atoms. The maximum atomic E-state index is 13.0. The Hall–Kier alpha value is -3.04. The highest BCUT2D eigenvalue weighted by atomic mass is 16.5. The number of nitrogens with one attached hydrogen (secondary N) is 1. The number of aromatic carboxylic acids is 1. The summed E-state index contributed by atoms with van der Waals surface area (Å²) < 4.78 is 14.9. The van der Waals surface area contributed by atoms with Crippen molar-refractivity contribution in [3.05, 3.63) is 23.5 Å². The van der Waals surface area contributed by atoms with Crippen LogP contribution in [-0.4, -0.2) is 55.8 Å². The van der Waals surface area contributed by atoms with Gasteiger partial charge in [0, 0.05) is 20.1 Å². The van der Waals surface area contributed by atoms with Crippen molar-refractivity contribution in [3.63, 3.8) is 0 Å². The summed E-state index contributed by atoms with van der Waals surface area (Å²) in [6, 6.07) is 0.265. The van der Waals surface area contributed by atoms with Crippen LogP contribution in [0.25, 0.3) is 0 Å². The highest BCUT2D eigenvalue weighted by Gasteiger charge is 2.56. The number of aromatic nitrogens is 4. The fourth-order valence-corrected chi connectivity index (χ4v) is 8.19. The molecule has 5 aliphatic carbocycles. The summed E-state index contributed by atoms with van der Waals surface area (Å²) in [5.74, 6) is 3.11. The molecular weight excluding hydrogens is 558 g/mol. The van der Waals surface area contributed by atoms with E-state index < -0.39 is 5.97 Å². The second kappa shape index (κ2) is 13.9. The van der Waals surface area contributed by atoms with Crippen LogP contribution in [0.1, 0.15) is 119 Å². The summed E-state index contributed by atoms with van der Waals surface area (Å²) in [4.78, 5) is 23.9. The Labute approximate surface area is 262 Å². The lowest BCUT2D eigenvalue weighted by atomic mass is 9.45. The van der Waals surface area contributed by atoms with E-state index in [1.807, 2.05) is 7.05 Å². The van der Waals surface area contributed by atoms with Crippen molar-refractivity contribution >= 4 is 11.9 Å². The van der Waals surface area contributed by atoms with E-state index >= 15 is 0 Å². The summed E-state index contributed by atoms with van der Waals surface area (Å²) in [6.45, 7) is 8.37. The lowest BCUT2D eigenvalue weighted by Crippen LogP contribution is -2.60. The molecule has 244 valence electrons. The van der Waals surface area contributed by atoms with Gasteiger partial charge in [0.05, 0.1) is 25.6 Å². The lowest BCUT2D eigenvalue weighted by Gasteiger charge is -2.62. The second-order valence-electron chi connectivity index (χ2n) is 14.4. The molecule has 5 aliphatic rings. The maximum Gasteiger partial charge on any atom is 0.342 e. The quantitative estimate of drug-likeness (QED) is 0.344. The first-order valence-corrected chi connectivity index (χ1v) is 16.9. The van der Waals surface area contributed by atoms with E-state index in [1.165, 1.54) is 81.5 Å². The van der Waals surface area contributed by atoms with Crippen molar-refractivity contribution in [2.75, 3.05) is 13.2 Å². The van der Waals surface area contributed by atoms with Crippen LogP contribution in [0.2, 0.25) is 0 Å². The molecule has 2 bridgehead atoms.